The van der Waals surface area contributed by atoms with Gasteiger partial charge in [-0.2, -0.15) is 0 Å². The smallest absolute Gasteiger partial charge is 0.545 e. The summed E-state index contributed by atoms with van der Waals surface area (Å²) in [6.07, 6.45) is 2.84. The summed E-state index contributed by atoms with van der Waals surface area (Å²) in [4.78, 5) is 30.6. The molecular weight excluding hydrogens is 423 g/mol. The topological polar surface area (TPSA) is 82.6 Å². The Morgan fingerprint density at radius 2 is 1.94 bits per heavy atom. The van der Waals surface area contributed by atoms with Crippen molar-refractivity contribution in [1.29, 1.82) is 0 Å². The monoisotopic (exact) mass is 444 g/mol. The van der Waals surface area contributed by atoms with Crippen LogP contribution in [-0.2, 0) is 4.79 Å². The van der Waals surface area contributed by atoms with Crippen LogP contribution in [0.2, 0.25) is 0 Å². The number of piperidine rings is 1. The van der Waals surface area contributed by atoms with Crippen LogP contribution < -0.4 is 39.4 Å². The molecular formula is C23H21N2NaO4S. The van der Waals surface area contributed by atoms with E-state index in [0.717, 1.165) is 29.8 Å². The number of carbonyl (C=O) groups excluding carboxylic acids is 2. The third-order valence-corrected chi connectivity index (χ3v) is 6.08. The minimum absolute atomic E-state index is 0. The van der Waals surface area contributed by atoms with Gasteiger partial charge < -0.3 is 19.5 Å². The fraction of sp³-hybridized carbons (Fsp3) is 0.261. The van der Waals surface area contributed by atoms with Crippen LogP contribution in [-0.4, -0.2) is 34.9 Å². The summed E-state index contributed by atoms with van der Waals surface area (Å²) < 4.78 is 5.65. The quantitative estimate of drug-likeness (QED) is 0.511. The van der Waals surface area contributed by atoms with Crippen molar-refractivity contribution in [2.75, 3.05) is 13.2 Å². The first-order chi connectivity index (χ1) is 14.6. The molecule has 1 atom stereocenters. The molecule has 0 radical (unpaired) electrons. The van der Waals surface area contributed by atoms with Gasteiger partial charge in [-0.15, -0.1) is 11.3 Å². The Morgan fingerprint density at radius 1 is 1.13 bits per heavy atom. The van der Waals surface area contributed by atoms with E-state index in [9.17, 15) is 14.7 Å². The molecule has 8 heteroatoms. The molecule has 154 valence electrons. The predicted molar refractivity (Wildman–Crippen MR) is 112 cm³/mol. The number of aromatic carboxylic acids is 1. The largest absolute Gasteiger partial charge is 1.00 e. The summed E-state index contributed by atoms with van der Waals surface area (Å²) >= 11 is 1.49. The number of hydrogen-bond acceptors (Lipinski definition) is 6. The minimum atomic E-state index is -1.21. The van der Waals surface area contributed by atoms with Crippen LogP contribution in [0.4, 0.5) is 0 Å². The number of carboxylic acid groups (broad SMARTS) is 1. The number of benzene rings is 2. The van der Waals surface area contributed by atoms with Crippen molar-refractivity contribution in [1.82, 2.24) is 9.88 Å². The molecule has 0 bridgehead atoms. The number of carbonyl (C=O) groups is 2. The van der Waals surface area contributed by atoms with E-state index < -0.39 is 5.97 Å². The minimum Gasteiger partial charge on any atom is -0.545 e. The van der Waals surface area contributed by atoms with Crippen molar-refractivity contribution in [3.8, 4) is 17.0 Å². The molecule has 1 aromatic heterocycles. The molecule has 1 saturated heterocycles. The van der Waals surface area contributed by atoms with Crippen LogP contribution in [0.15, 0.2) is 60.0 Å². The standard InChI is InChI=1S/C23H22N2O4S.Na/c26-21(14-29-18-9-2-1-3-10-18)25-12-5-4-11-20(25)22-24-19(15-30-22)16-7-6-8-17(13-16)23(27)28;/h1-3,6-10,13,15,20H,4-5,11-12,14H2,(H,27,28);/q;+1/p-1/t20-;/m1./s1. The zero-order valence-electron chi connectivity index (χ0n) is 17.3. The van der Waals surface area contributed by atoms with E-state index in [4.69, 9.17) is 9.72 Å². The number of carboxylic acids is 1. The maximum atomic E-state index is 12.9. The predicted octanol–water partition coefficient (Wildman–Crippen LogP) is 0.310. The van der Waals surface area contributed by atoms with Crippen molar-refractivity contribution < 1.29 is 49.0 Å². The molecule has 0 saturated carbocycles. The second kappa shape index (κ2) is 10.9. The van der Waals surface area contributed by atoms with Crippen molar-refractivity contribution in [3.05, 3.63) is 70.5 Å². The first kappa shape index (κ1) is 23.5. The molecule has 0 spiro atoms. The Morgan fingerprint density at radius 3 is 2.71 bits per heavy atom. The van der Waals surface area contributed by atoms with Gasteiger partial charge >= 0.3 is 29.6 Å². The zero-order valence-corrected chi connectivity index (χ0v) is 20.1. The number of para-hydroxylation sites is 1. The normalized spacial score (nSPS) is 15.7. The number of rotatable bonds is 6. The third kappa shape index (κ3) is 5.74. The number of likely N-dealkylation sites (tertiary alicyclic amines) is 1. The first-order valence-electron chi connectivity index (χ1n) is 9.86. The fourth-order valence-electron chi connectivity index (χ4n) is 3.61. The van der Waals surface area contributed by atoms with Gasteiger partial charge in [0.15, 0.2) is 6.61 Å². The molecule has 0 N–H and O–H groups in total. The first-order valence-corrected chi connectivity index (χ1v) is 10.7. The van der Waals surface area contributed by atoms with Gasteiger partial charge in [0.1, 0.15) is 10.8 Å². The average Bonchev–Trinajstić information content (AvgIpc) is 3.28. The van der Waals surface area contributed by atoms with E-state index in [0.29, 0.717) is 18.0 Å². The third-order valence-electron chi connectivity index (χ3n) is 5.13. The number of nitrogens with zero attached hydrogens (tertiary/aromatic N) is 2. The Kier molecular flexibility index (Phi) is 8.26. The van der Waals surface area contributed by atoms with E-state index in [1.54, 1.807) is 12.1 Å². The number of ether oxygens (including phenoxy) is 1. The summed E-state index contributed by atoms with van der Waals surface area (Å²) in [6.45, 7) is 0.670. The van der Waals surface area contributed by atoms with Gasteiger partial charge in [0, 0.05) is 17.5 Å². The maximum absolute atomic E-state index is 12.9. The molecule has 4 rings (SSSR count). The van der Waals surface area contributed by atoms with Crippen molar-refractivity contribution >= 4 is 23.2 Å². The number of amides is 1. The van der Waals surface area contributed by atoms with Crippen LogP contribution >= 0.6 is 11.3 Å². The molecule has 1 amide bonds. The molecule has 0 unspecified atom stereocenters. The van der Waals surface area contributed by atoms with Crippen LogP contribution in [0, 0.1) is 0 Å². The SMILES string of the molecule is O=C([O-])c1cccc(-c2csc([C@H]3CCCCN3C(=O)COc3ccccc3)n2)c1.[Na+]. The van der Waals surface area contributed by atoms with E-state index in [2.05, 4.69) is 0 Å². The Bertz CT molecular complexity index is 1040. The van der Waals surface area contributed by atoms with Gasteiger partial charge in [-0.25, -0.2) is 4.98 Å². The molecule has 6 nitrogen and oxygen atoms in total. The van der Waals surface area contributed by atoms with Crippen molar-refractivity contribution in [2.45, 2.75) is 25.3 Å². The number of aromatic nitrogens is 1. The molecule has 1 fully saturated rings. The average molecular weight is 444 g/mol. The van der Waals surface area contributed by atoms with Crippen LogP contribution in [0.25, 0.3) is 11.3 Å². The number of hydrogen-bond donors (Lipinski definition) is 0. The summed E-state index contributed by atoms with van der Waals surface area (Å²) in [7, 11) is 0. The van der Waals surface area contributed by atoms with Gasteiger partial charge in [0.05, 0.1) is 17.7 Å². The Balaban J connectivity index is 0.00000272. The Labute approximate surface area is 207 Å². The van der Waals surface area contributed by atoms with E-state index in [1.165, 1.54) is 17.4 Å². The van der Waals surface area contributed by atoms with Crippen LogP contribution in [0.1, 0.15) is 40.7 Å². The molecule has 1 aliphatic rings. The zero-order chi connectivity index (χ0) is 20.9. The molecule has 31 heavy (non-hydrogen) atoms. The molecule has 2 heterocycles. The van der Waals surface area contributed by atoms with Crippen LogP contribution in [0.5, 0.6) is 5.75 Å². The van der Waals surface area contributed by atoms with E-state index >= 15 is 0 Å². The van der Waals surface area contributed by atoms with Crippen LogP contribution in [0.3, 0.4) is 0 Å². The van der Waals surface area contributed by atoms with E-state index in [-0.39, 0.29) is 53.7 Å². The maximum Gasteiger partial charge on any atom is 1.00 e. The second-order valence-corrected chi connectivity index (χ2v) is 8.03. The second-order valence-electron chi connectivity index (χ2n) is 7.14. The van der Waals surface area contributed by atoms with Gasteiger partial charge in [-0.05, 0) is 43.0 Å². The Hall–Kier alpha value is -2.19. The molecule has 0 aliphatic carbocycles. The van der Waals surface area contributed by atoms with Gasteiger partial charge in [-0.1, -0.05) is 36.4 Å². The summed E-state index contributed by atoms with van der Waals surface area (Å²) in [5.74, 6) is -0.599. The fourth-order valence-corrected chi connectivity index (χ4v) is 4.58. The molecule has 1 aliphatic heterocycles. The van der Waals surface area contributed by atoms with E-state index in [1.807, 2.05) is 46.7 Å². The van der Waals surface area contributed by atoms with Gasteiger partial charge in [0.25, 0.3) is 5.91 Å². The summed E-state index contributed by atoms with van der Waals surface area (Å²) in [6, 6.07) is 15.8. The summed E-state index contributed by atoms with van der Waals surface area (Å²) in [5, 5.41) is 13.9. The van der Waals surface area contributed by atoms with Crippen molar-refractivity contribution in [3.63, 3.8) is 0 Å². The van der Waals surface area contributed by atoms with Crippen molar-refractivity contribution in [2.24, 2.45) is 0 Å². The molecule has 3 aromatic rings. The van der Waals surface area contributed by atoms with Gasteiger partial charge in [0.2, 0.25) is 0 Å². The summed E-state index contributed by atoms with van der Waals surface area (Å²) in [5.41, 5.74) is 1.55. The number of thiazole rings is 1. The van der Waals surface area contributed by atoms with Gasteiger partial charge in [-0.3, -0.25) is 4.79 Å². The molecule has 2 aromatic carbocycles.